The first kappa shape index (κ1) is 23.1. The number of aromatic amines is 1. The van der Waals surface area contributed by atoms with E-state index in [2.05, 4.69) is 20.6 Å². The molecule has 1 rings (SSSR count). The summed E-state index contributed by atoms with van der Waals surface area (Å²) in [6, 6.07) is -3.43. The number of aliphatic carboxylic acids is 2. The van der Waals surface area contributed by atoms with Crippen molar-refractivity contribution in [3.05, 3.63) is 18.2 Å². The molecule has 28 heavy (non-hydrogen) atoms. The Bertz CT molecular complexity index is 697. The average molecular weight is 397 g/mol. The molecule has 7 N–H and O–H groups in total. The van der Waals surface area contributed by atoms with Crippen molar-refractivity contribution in [2.24, 2.45) is 11.1 Å². The summed E-state index contributed by atoms with van der Waals surface area (Å²) in [7, 11) is 0. The van der Waals surface area contributed by atoms with Crippen LogP contribution in [0.15, 0.2) is 12.5 Å². The summed E-state index contributed by atoms with van der Waals surface area (Å²) in [6.07, 6.45) is 2.22. The molecule has 2 amide bonds. The van der Waals surface area contributed by atoms with Crippen molar-refractivity contribution in [1.29, 1.82) is 0 Å². The molecular formula is C17H27N5O6. The second-order valence-corrected chi connectivity index (χ2v) is 7.50. The molecule has 0 saturated heterocycles. The lowest BCUT2D eigenvalue weighted by Gasteiger charge is -2.28. The smallest absolute Gasteiger partial charge is 0.326 e. The third kappa shape index (κ3) is 7.35. The van der Waals surface area contributed by atoms with Gasteiger partial charge < -0.3 is 31.6 Å². The normalized spacial score (nSPS) is 14.6. The minimum Gasteiger partial charge on any atom is -0.481 e. The fourth-order valence-corrected chi connectivity index (χ4v) is 2.27. The molecule has 1 aromatic rings. The van der Waals surface area contributed by atoms with E-state index in [0.717, 1.165) is 0 Å². The summed E-state index contributed by atoms with van der Waals surface area (Å²) < 4.78 is 0. The number of hydrogen-bond donors (Lipinski definition) is 6. The van der Waals surface area contributed by atoms with Gasteiger partial charge in [-0.25, -0.2) is 9.78 Å². The maximum absolute atomic E-state index is 12.6. The number of rotatable bonds is 10. The lowest BCUT2D eigenvalue weighted by Crippen LogP contribution is -2.57. The largest absolute Gasteiger partial charge is 0.481 e. The third-order valence-corrected chi connectivity index (χ3v) is 4.08. The number of imidazole rings is 1. The van der Waals surface area contributed by atoms with Crippen LogP contribution in [0.3, 0.4) is 0 Å². The second kappa shape index (κ2) is 9.83. The molecule has 3 atom stereocenters. The van der Waals surface area contributed by atoms with Gasteiger partial charge in [-0.2, -0.15) is 0 Å². The van der Waals surface area contributed by atoms with Gasteiger partial charge in [0, 0.05) is 19.0 Å². The summed E-state index contributed by atoms with van der Waals surface area (Å²) in [5.41, 5.74) is 5.84. The van der Waals surface area contributed by atoms with E-state index in [0.29, 0.717) is 5.69 Å². The SMILES string of the molecule is CC(C)(C)[C@H](N)C(=O)N[C@@H](Cc1c[nH]cn1)C(=O)N[C@@H](CCC(=O)O)C(=O)O. The number of carbonyl (C=O) groups is 4. The summed E-state index contributed by atoms with van der Waals surface area (Å²) in [6.45, 7) is 5.31. The Kier molecular flexibility index (Phi) is 8.11. The molecule has 1 heterocycles. The number of carboxylic acids is 2. The predicted octanol–water partition coefficient (Wildman–Crippen LogP) is -0.755. The van der Waals surface area contributed by atoms with Gasteiger partial charge in [-0.1, -0.05) is 20.8 Å². The Morgan fingerprint density at radius 3 is 2.21 bits per heavy atom. The van der Waals surface area contributed by atoms with Crippen LogP contribution in [0.2, 0.25) is 0 Å². The van der Waals surface area contributed by atoms with Gasteiger partial charge in [-0.3, -0.25) is 14.4 Å². The highest BCUT2D eigenvalue weighted by molar-refractivity contribution is 5.92. The zero-order chi connectivity index (χ0) is 21.5. The molecule has 0 aliphatic heterocycles. The van der Waals surface area contributed by atoms with E-state index in [9.17, 15) is 24.3 Å². The molecule has 0 bridgehead atoms. The zero-order valence-corrected chi connectivity index (χ0v) is 16.1. The molecule has 0 saturated carbocycles. The number of nitrogens with two attached hydrogens (primary N) is 1. The number of amides is 2. The lowest BCUT2D eigenvalue weighted by molar-refractivity contribution is -0.143. The van der Waals surface area contributed by atoms with E-state index in [1.165, 1.54) is 12.5 Å². The van der Waals surface area contributed by atoms with Crippen LogP contribution in [0.25, 0.3) is 0 Å². The van der Waals surface area contributed by atoms with Crippen LogP contribution in [-0.4, -0.2) is 62.1 Å². The van der Waals surface area contributed by atoms with Crippen LogP contribution in [0.1, 0.15) is 39.3 Å². The molecule has 11 heteroatoms. The topological polar surface area (TPSA) is 187 Å². The number of aromatic nitrogens is 2. The second-order valence-electron chi connectivity index (χ2n) is 7.50. The van der Waals surface area contributed by atoms with E-state index < -0.39 is 53.7 Å². The van der Waals surface area contributed by atoms with Crippen molar-refractivity contribution in [2.45, 2.75) is 58.2 Å². The number of hydrogen-bond acceptors (Lipinski definition) is 6. The molecule has 0 radical (unpaired) electrons. The third-order valence-electron chi connectivity index (χ3n) is 4.08. The van der Waals surface area contributed by atoms with Gasteiger partial charge in [0.1, 0.15) is 12.1 Å². The number of carbonyl (C=O) groups excluding carboxylic acids is 2. The van der Waals surface area contributed by atoms with E-state index in [-0.39, 0.29) is 12.8 Å². The van der Waals surface area contributed by atoms with Crippen molar-refractivity contribution in [3.63, 3.8) is 0 Å². The number of nitrogens with zero attached hydrogens (tertiary/aromatic N) is 1. The summed E-state index contributed by atoms with van der Waals surface area (Å²) >= 11 is 0. The van der Waals surface area contributed by atoms with Crippen LogP contribution in [0.4, 0.5) is 0 Å². The van der Waals surface area contributed by atoms with Crippen molar-refractivity contribution < 1.29 is 29.4 Å². The molecule has 0 unspecified atom stereocenters. The molecule has 0 aliphatic carbocycles. The maximum Gasteiger partial charge on any atom is 0.326 e. The first-order valence-corrected chi connectivity index (χ1v) is 8.70. The monoisotopic (exact) mass is 397 g/mol. The predicted molar refractivity (Wildman–Crippen MR) is 98.1 cm³/mol. The standard InChI is InChI=1S/C17H27N5O6/c1-17(2,3)13(18)15(26)22-11(6-9-7-19-8-20-9)14(25)21-10(16(27)28)4-5-12(23)24/h7-8,10-11,13H,4-6,18H2,1-3H3,(H,19,20)(H,21,25)(H,22,26)(H,23,24)(H,27,28)/t10-,11-,13+/m0/s1. The Labute approximate surface area is 162 Å². The van der Waals surface area contributed by atoms with Crippen molar-refractivity contribution in [3.8, 4) is 0 Å². The van der Waals surface area contributed by atoms with Gasteiger partial charge in [0.2, 0.25) is 11.8 Å². The highest BCUT2D eigenvalue weighted by Gasteiger charge is 2.32. The summed E-state index contributed by atoms with van der Waals surface area (Å²) in [5.74, 6) is -3.89. The molecular weight excluding hydrogens is 370 g/mol. The van der Waals surface area contributed by atoms with Crippen LogP contribution >= 0.6 is 0 Å². The summed E-state index contributed by atoms with van der Waals surface area (Å²) in [4.78, 5) is 53.8. The van der Waals surface area contributed by atoms with Gasteiger partial charge >= 0.3 is 11.9 Å². The molecule has 0 aliphatic rings. The Morgan fingerprint density at radius 1 is 1.14 bits per heavy atom. The minimum absolute atomic E-state index is 0.00318. The highest BCUT2D eigenvalue weighted by Crippen LogP contribution is 2.17. The highest BCUT2D eigenvalue weighted by atomic mass is 16.4. The quantitative estimate of drug-likeness (QED) is 0.297. The van der Waals surface area contributed by atoms with E-state index in [1.54, 1.807) is 20.8 Å². The fourth-order valence-electron chi connectivity index (χ4n) is 2.27. The van der Waals surface area contributed by atoms with Gasteiger partial charge in [0.25, 0.3) is 0 Å². The number of H-pyrrole nitrogens is 1. The van der Waals surface area contributed by atoms with Crippen molar-refractivity contribution in [1.82, 2.24) is 20.6 Å². The van der Waals surface area contributed by atoms with E-state index in [4.69, 9.17) is 10.8 Å². The van der Waals surface area contributed by atoms with Crippen LogP contribution < -0.4 is 16.4 Å². The molecule has 1 aromatic heterocycles. The number of carboxylic acid groups (broad SMARTS) is 2. The van der Waals surface area contributed by atoms with Gasteiger partial charge in [-0.15, -0.1) is 0 Å². The van der Waals surface area contributed by atoms with Crippen LogP contribution in [-0.2, 0) is 25.6 Å². The Hall–Kier alpha value is -2.95. The molecule has 0 fully saturated rings. The fraction of sp³-hybridized carbons (Fsp3) is 0.588. The van der Waals surface area contributed by atoms with Gasteiger partial charge in [0.15, 0.2) is 0 Å². The zero-order valence-electron chi connectivity index (χ0n) is 16.1. The average Bonchev–Trinajstić information content (AvgIpc) is 3.08. The molecule has 156 valence electrons. The first-order chi connectivity index (χ1) is 12.9. The molecule has 11 nitrogen and oxygen atoms in total. The van der Waals surface area contributed by atoms with Crippen molar-refractivity contribution in [2.75, 3.05) is 0 Å². The minimum atomic E-state index is -1.40. The summed E-state index contributed by atoms with van der Waals surface area (Å²) in [5, 5.41) is 22.7. The van der Waals surface area contributed by atoms with E-state index in [1.807, 2.05) is 0 Å². The lowest BCUT2D eigenvalue weighted by atomic mass is 9.86. The van der Waals surface area contributed by atoms with E-state index >= 15 is 0 Å². The maximum atomic E-state index is 12.6. The van der Waals surface area contributed by atoms with Crippen LogP contribution in [0, 0.1) is 5.41 Å². The number of nitrogens with one attached hydrogen (secondary N) is 3. The first-order valence-electron chi connectivity index (χ1n) is 8.70. The van der Waals surface area contributed by atoms with Gasteiger partial charge in [-0.05, 0) is 11.8 Å². The Morgan fingerprint density at radius 2 is 1.75 bits per heavy atom. The van der Waals surface area contributed by atoms with Gasteiger partial charge in [0.05, 0.1) is 18.1 Å². The molecule has 0 aromatic carbocycles. The Balaban J connectivity index is 2.93. The van der Waals surface area contributed by atoms with Crippen molar-refractivity contribution >= 4 is 23.8 Å². The van der Waals surface area contributed by atoms with Crippen LogP contribution in [0.5, 0.6) is 0 Å². The molecule has 0 spiro atoms.